The van der Waals surface area contributed by atoms with Gasteiger partial charge in [0, 0.05) is 24.4 Å². The lowest BCUT2D eigenvalue weighted by Gasteiger charge is -2.34. The predicted octanol–water partition coefficient (Wildman–Crippen LogP) is 2.38. The topological polar surface area (TPSA) is 73.6 Å². The molecule has 0 spiro atoms. The quantitative estimate of drug-likeness (QED) is 0.772. The van der Waals surface area contributed by atoms with Crippen LogP contribution in [0.25, 0.3) is 0 Å². The molecule has 106 valence electrons. The minimum absolute atomic E-state index is 0.571. The van der Waals surface area contributed by atoms with Crippen molar-refractivity contribution in [2.45, 2.75) is 18.8 Å². The summed E-state index contributed by atoms with van der Waals surface area (Å²) in [5.74, 6) is -0.590. The fourth-order valence-corrected chi connectivity index (χ4v) is 2.17. The number of benzene rings is 1. The third-order valence-corrected chi connectivity index (χ3v) is 3.95. The molecule has 1 unspecified atom stereocenters. The summed E-state index contributed by atoms with van der Waals surface area (Å²) < 4.78 is 11.0. The number of halogens is 2. The highest BCUT2D eigenvalue weighted by atomic mass is 79.9. The maximum atomic E-state index is 11.7. The maximum absolute atomic E-state index is 11.7. The summed E-state index contributed by atoms with van der Waals surface area (Å²) in [5, 5.41) is 3.58. The summed E-state index contributed by atoms with van der Waals surface area (Å²) in [4.78, 5) is 11.7. The van der Waals surface area contributed by atoms with Gasteiger partial charge in [0.05, 0.1) is 5.02 Å². The van der Waals surface area contributed by atoms with Crippen LogP contribution < -0.4 is 11.1 Å². The summed E-state index contributed by atoms with van der Waals surface area (Å²) in [7, 11) is 2.88. The highest BCUT2D eigenvalue weighted by molar-refractivity contribution is 9.10. The molecule has 0 bridgehead atoms. The van der Waals surface area contributed by atoms with Crippen LogP contribution in [0.1, 0.15) is 6.92 Å². The molecular weight excluding hydrogens is 336 g/mol. The first kappa shape index (κ1) is 16.2. The number of carbonyl (C=O) groups excluding carboxylic acids is 1. The Hall–Kier alpha value is -0.820. The number of amides is 1. The molecule has 3 N–H and O–H groups in total. The molecule has 1 aromatic carbocycles. The lowest BCUT2D eigenvalue weighted by Crippen LogP contribution is -2.57. The first-order chi connectivity index (χ1) is 8.85. The maximum Gasteiger partial charge on any atom is 0.248 e. The molecule has 5 nitrogen and oxygen atoms in total. The zero-order chi connectivity index (χ0) is 14.6. The Morgan fingerprint density at radius 2 is 2.05 bits per heavy atom. The third kappa shape index (κ3) is 3.60. The van der Waals surface area contributed by atoms with Gasteiger partial charge in [-0.2, -0.15) is 0 Å². The van der Waals surface area contributed by atoms with Crippen molar-refractivity contribution in [3.8, 4) is 0 Å². The number of rotatable bonds is 6. The van der Waals surface area contributed by atoms with Gasteiger partial charge < -0.3 is 20.5 Å². The van der Waals surface area contributed by atoms with Crippen LogP contribution >= 0.6 is 27.5 Å². The van der Waals surface area contributed by atoms with Crippen LogP contribution in [0.15, 0.2) is 22.7 Å². The number of primary amides is 1. The van der Waals surface area contributed by atoms with Crippen LogP contribution in [0.4, 0.5) is 5.69 Å². The van der Waals surface area contributed by atoms with Crippen molar-refractivity contribution < 1.29 is 14.3 Å². The van der Waals surface area contributed by atoms with Gasteiger partial charge in [0.25, 0.3) is 0 Å². The van der Waals surface area contributed by atoms with E-state index in [1.165, 1.54) is 14.2 Å². The Morgan fingerprint density at radius 3 is 2.47 bits per heavy atom. The molecule has 0 saturated carbocycles. The average molecular weight is 352 g/mol. The van der Waals surface area contributed by atoms with Gasteiger partial charge in [-0.25, -0.2) is 0 Å². The molecule has 0 aliphatic rings. The van der Waals surface area contributed by atoms with Crippen molar-refractivity contribution in [2.24, 2.45) is 5.73 Å². The summed E-state index contributed by atoms with van der Waals surface area (Å²) in [6, 6.07) is 5.17. The Morgan fingerprint density at radius 1 is 1.47 bits per heavy atom. The fraction of sp³-hybridized carbons (Fsp3) is 0.417. The zero-order valence-electron chi connectivity index (χ0n) is 10.9. The molecule has 1 atom stereocenters. The van der Waals surface area contributed by atoms with E-state index in [1.807, 2.05) is 0 Å². The van der Waals surface area contributed by atoms with Crippen molar-refractivity contribution in [2.75, 3.05) is 19.5 Å². The Bertz CT molecular complexity index is 468. The highest BCUT2D eigenvalue weighted by Gasteiger charge is 2.41. The van der Waals surface area contributed by atoms with Crippen molar-refractivity contribution in [1.29, 1.82) is 0 Å². The second-order valence-electron chi connectivity index (χ2n) is 4.12. The number of hydrogen-bond donors (Lipinski definition) is 2. The molecule has 19 heavy (non-hydrogen) atoms. The first-order valence-corrected chi connectivity index (χ1v) is 6.61. The van der Waals surface area contributed by atoms with Gasteiger partial charge in [-0.1, -0.05) is 11.6 Å². The van der Waals surface area contributed by atoms with Gasteiger partial charge in [0.1, 0.15) is 0 Å². The normalized spacial score (nSPS) is 14.2. The Balaban J connectivity index is 3.07. The Labute approximate surface area is 125 Å². The van der Waals surface area contributed by atoms with E-state index in [2.05, 4.69) is 21.2 Å². The molecule has 0 saturated heterocycles. The van der Waals surface area contributed by atoms with Crippen LogP contribution in [0.2, 0.25) is 5.02 Å². The van der Waals surface area contributed by atoms with E-state index in [-0.39, 0.29) is 0 Å². The van der Waals surface area contributed by atoms with E-state index in [4.69, 9.17) is 26.8 Å². The van der Waals surface area contributed by atoms with Gasteiger partial charge in [-0.05, 0) is 41.1 Å². The SMILES string of the molecule is COC(OC)C(C)(Nc1ccc(Cl)c(Br)c1)C(N)=O. The molecule has 1 aromatic rings. The average Bonchev–Trinajstić information content (AvgIpc) is 2.35. The highest BCUT2D eigenvalue weighted by Crippen LogP contribution is 2.28. The van der Waals surface area contributed by atoms with E-state index in [9.17, 15) is 4.79 Å². The van der Waals surface area contributed by atoms with E-state index >= 15 is 0 Å². The fourth-order valence-electron chi connectivity index (χ4n) is 1.68. The van der Waals surface area contributed by atoms with E-state index < -0.39 is 17.7 Å². The van der Waals surface area contributed by atoms with Crippen LogP contribution in [0.3, 0.4) is 0 Å². The molecule has 0 aliphatic carbocycles. The number of nitrogens with one attached hydrogen (secondary N) is 1. The van der Waals surface area contributed by atoms with Gasteiger partial charge in [0.15, 0.2) is 11.8 Å². The molecule has 0 aromatic heterocycles. The third-order valence-electron chi connectivity index (χ3n) is 2.74. The molecule has 0 heterocycles. The summed E-state index contributed by atoms with van der Waals surface area (Å²) in [5.41, 5.74) is 4.89. The smallest absolute Gasteiger partial charge is 0.248 e. The standard InChI is InChI=1S/C12H16BrClN2O3/c1-12(10(15)17,11(18-2)19-3)16-7-4-5-9(14)8(13)6-7/h4-6,11,16H,1-3H3,(H2,15,17). The predicted molar refractivity (Wildman–Crippen MR) is 78.2 cm³/mol. The number of anilines is 1. The van der Waals surface area contributed by atoms with E-state index in [0.717, 1.165) is 0 Å². The molecule has 1 amide bonds. The van der Waals surface area contributed by atoms with Crippen molar-refractivity contribution >= 4 is 39.1 Å². The van der Waals surface area contributed by atoms with Crippen LogP contribution in [0, 0.1) is 0 Å². The van der Waals surface area contributed by atoms with E-state index in [1.54, 1.807) is 25.1 Å². The summed E-state index contributed by atoms with van der Waals surface area (Å²) >= 11 is 9.23. The van der Waals surface area contributed by atoms with Crippen LogP contribution in [-0.2, 0) is 14.3 Å². The van der Waals surface area contributed by atoms with Gasteiger partial charge >= 0.3 is 0 Å². The van der Waals surface area contributed by atoms with Gasteiger partial charge in [-0.3, -0.25) is 4.79 Å². The molecule has 0 fully saturated rings. The monoisotopic (exact) mass is 350 g/mol. The number of ether oxygens (including phenoxy) is 2. The first-order valence-electron chi connectivity index (χ1n) is 5.44. The summed E-state index contributed by atoms with van der Waals surface area (Å²) in [6.45, 7) is 1.61. The molecular formula is C12H16BrClN2O3. The van der Waals surface area contributed by atoms with Crippen LogP contribution in [-0.4, -0.2) is 32.0 Å². The number of nitrogens with two attached hydrogens (primary N) is 1. The van der Waals surface area contributed by atoms with Gasteiger partial charge in [0.2, 0.25) is 5.91 Å². The molecule has 0 aliphatic heterocycles. The second-order valence-corrected chi connectivity index (χ2v) is 5.39. The number of methoxy groups -OCH3 is 2. The molecule has 7 heteroatoms. The van der Waals surface area contributed by atoms with E-state index in [0.29, 0.717) is 15.2 Å². The number of hydrogen-bond acceptors (Lipinski definition) is 4. The number of carbonyl (C=O) groups is 1. The van der Waals surface area contributed by atoms with Crippen molar-refractivity contribution in [3.63, 3.8) is 0 Å². The molecule has 1 rings (SSSR count). The largest absolute Gasteiger partial charge is 0.367 e. The molecule has 0 radical (unpaired) electrons. The second kappa shape index (κ2) is 6.56. The zero-order valence-corrected chi connectivity index (χ0v) is 13.2. The lowest BCUT2D eigenvalue weighted by atomic mass is 10.00. The summed E-state index contributed by atoms with van der Waals surface area (Å²) in [6.07, 6.45) is -0.820. The van der Waals surface area contributed by atoms with Crippen molar-refractivity contribution in [3.05, 3.63) is 27.7 Å². The minimum atomic E-state index is -1.21. The van der Waals surface area contributed by atoms with Crippen molar-refractivity contribution in [1.82, 2.24) is 0 Å². The van der Waals surface area contributed by atoms with Gasteiger partial charge in [-0.15, -0.1) is 0 Å². The minimum Gasteiger partial charge on any atom is -0.367 e. The lowest BCUT2D eigenvalue weighted by molar-refractivity contribution is -0.155. The Kier molecular flexibility index (Phi) is 5.61. The van der Waals surface area contributed by atoms with Crippen LogP contribution in [0.5, 0.6) is 0 Å².